The molecule has 0 unspecified atom stereocenters. The lowest BCUT2D eigenvalue weighted by Gasteiger charge is -2.24. The topological polar surface area (TPSA) is 38.3 Å². The number of methoxy groups -OCH3 is 1. The molecule has 0 spiro atoms. The molecule has 0 saturated carbocycles. The zero-order chi connectivity index (χ0) is 16.8. The average Bonchev–Trinajstić information content (AvgIpc) is 2.44. The fourth-order valence-corrected chi connectivity index (χ4v) is 2.55. The normalized spacial score (nSPS) is 13.3. The highest BCUT2D eigenvalue weighted by molar-refractivity contribution is 6.83. The van der Waals surface area contributed by atoms with Gasteiger partial charge < -0.3 is 10.1 Å². The van der Waals surface area contributed by atoms with Crippen molar-refractivity contribution in [3.8, 4) is 11.5 Å². The van der Waals surface area contributed by atoms with Crippen LogP contribution in [0.4, 0.5) is 5.69 Å². The summed E-state index contributed by atoms with van der Waals surface area (Å²) in [5.41, 5.74) is 5.00. The Kier molecular flexibility index (Phi) is 6.45. The van der Waals surface area contributed by atoms with Crippen molar-refractivity contribution in [2.24, 2.45) is 5.92 Å². The Labute approximate surface area is 134 Å². The lowest BCUT2D eigenvalue weighted by Crippen LogP contribution is -2.35. The zero-order valence-electron chi connectivity index (χ0n) is 14.1. The summed E-state index contributed by atoms with van der Waals surface area (Å²) in [6.07, 6.45) is 0. The van der Waals surface area contributed by atoms with Gasteiger partial charge in [-0.25, -0.2) is 0 Å². The Hall–Kier alpha value is -1.99. The van der Waals surface area contributed by atoms with Crippen molar-refractivity contribution in [2.75, 3.05) is 12.4 Å². The summed E-state index contributed by atoms with van der Waals surface area (Å²) in [5, 5.41) is 3.34. The van der Waals surface area contributed by atoms with Gasteiger partial charge in [0.1, 0.15) is 20.0 Å². The van der Waals surface area contributed by atoms with Crippen LogP contribution in [0, 0.1) is 17.4 Å². The van der Waals surface area contributed by atoms with E-state index in [9.17, 15) is 4.79 Å². The molecule has 0 aliphatic carbocycles. The number of benzene rings is 1. The number of ether oxygens (including phenoxy) is 1. The summed E-state index contributed by atoms with van der Waals surface area (Å²) in [7, 11) is -0.153. The van der Waals surface area contributed by atoms with Crippen molar-refractivity contribution in [1.29, 1.82) is 0 Å². The maximum atomic E-state index is 12.1. The third-order valence-electron chi connectivity index (χ3n) is 3.02. The van der Waals surface area contributed by atoms with Crippen LogP contribution in [0.5, 0.6) is 0 Å². The van der Waals surface area contributed by atoms with E-state index in [2.05, 4.69) is 43.0 Å². The minimum atomic E-state index is -1.55. The smallest absolute Gasteiger partial charge is 0.315 e. The lowest BCUT2D eigenvalue weighted by atomic mass is 9.93. The molecule has 1 rings (SSSR count). The number of hydrogen-bond donors (Lipinski definition) is 1. The Bertz CT molecular complexity index is 579. The molecule has 0 amide bonds. The molecule has 118 valence electrons. The van der Waals surface area contributed by atoms with Crippen LogP contribution >= 0.6 is 0 Å². The highest BCUT2D eigenvalue weighted by Crippen LogP contribution is 2.20. The second-order valence-corrected chi connectivity index (χ2v) is 11.1. The molecule has 0 heterocycles. The van der Waals surface area contributed by atoms with E-state index in [-0.39, 0.29) is 12.0 Å². The molecule has 0 fully saturated rings. The molecule has 0 aliphatic heterocycles. The first kappa shape index (κ1) is 18.1. The monoisotopic (exact) mass is 315 g/mol. The van der Waals surface area contributed by atoms with Crippen molar-refractivity contribution in [3.05, 3.63) is 42.5 Å². The lowest BCUT2D eigenvalue weighted by molar-refractivity contribution is -0.144. The average molecular weight is 315 g/mol. The number of para-hydroxylation sites is 1. The number of anilines is 1. The van der Waals surface area contributed by atoms with E-state index in [1.807, 2.05) is 37.3 Å². The molecule has 22 heavy (non-hydrogen) atoms. The van der Waals surface area contributed by atoms with E-state index in [1.54, 1.807) is 0 Å². The van der Waals surface area contributed by atoms with Crippen molar-refractivity contribution in [3.63, 3.8) is 0 Å². The van der Waals surface area contributed by atoms with E-state index < -0.39 is 14.0 Å². The zero-order valence-corrected chi connectivity index (χ0v) is 15.1. The van der Waals surface area contributed by atoms with Gasteiger partial charge in [0.25, 0.3) is 0 Å². The Morgan fingerprint density at radius 3 is 2.32 bits per heavy atom. The first-order chi connectivity index (χ1) is 10.2. The van der Waals surface area contributed by atoms with Crippen LogP contribution in [-0.2, 0) is 9.53 Å². The van der Waals surface area contributed by atoms with Crippen LogP contribution in [0.1, 0.15) is 6.92 Å². The molecule has 0 radical (unpaired) electrons. The second-order valence-electron chi connectivity index (χ2n) is 6.35. The van der Waals surface area contributed by atoms with E-state index in [1.165, 1.54) is 7.11 Å². The van der Waals surface area contributed by atoms with Crippen LogP contribution < -0.4 is 5.32 Å². The van der Waals surface area contributed by atoms with Gasteiger partial charge in [-0.15, -0.1) is 5.54 Å². The number of carbonyl (C=O) groups excluding carboxylic acids is 1. The maximum absolute atomic E-state index is 12.1. The second kappa shape index (κ2) is 7.86. The van der Waals surface area contributed by atoms with Crippen LogP contribution in [0.2, 0.25) is 19.6 Å². The highest BCUT2D eigenvalue weighted by atomic mass is 28.3. The molecule has 1 aromatic rings. The molecule has 0 aromatic heterocycles. The van der Waals surface area contributed by atoms with Gasteiger partial charge in [0.15, 0.2) is 0 Å². The van der Waals surface area contributed by atoms with E-state index in [4.69, 9.17) is 4.74 Å². The van der Waals surface area contributed by atoms with E-state index >= 15 is 0 Å². The fourth-order valence-electron chi connectivity index (χ4n) is 1.96. The van der Waals surface area contributed by atoms with Gasteiger partial charge >= 0.3 is 5.97 Å². The Balaban J connectivity index is 3.16. The predicted octanol–water partition coefficient (Wildman–Crippen LogP) is 3.71. The van der Waals surface area contributed by atoms with Gasteiger partial charge in [0.05, 0.1) is 7.11 Å². The fraction of sp³-hybridized carbons (Fsp3) is 0.389. The van der Waals surface area contributed by atoms with Crippen LogP contribution in [0.3, 0.4) is 0 Å². The maximum Gasteiger partial charge on any atom is 0.315 e. The summed E-state index contributed by atoms with van der Waals surface area (Å²) in [4.78, 5) is 12.1. The number of carbonyl (C=O) groups is 1. The van der Waals surface area contributed by atoms with Crippen molar-refractivity contribution in [2.45, 2.75) is 32.6 Å². The van der Waals surface area contributed by atoms with Crippen molar-refractivity contribution in [1.82, 2.24) is 0 Å². The van der Waals surface area contributed by atoms with Crippen LogP contribution in [0.25, 0.3) is 0 Å². The van der Waals surface area contributed by atoms with E-state index in [0.29, 0.717) is 0 Å². The van der Waals surface area contributed by atoms with Gasteiger partial charge in [0, 0.05) is 5.69 Å². The minimum absolute atomic E-state index is 0.314. The Morgan fingerprint density at radius 2 is 1.86 bits per heavy atom. The molecule has 0 aliphatic rings. The first-order valence-electron chi connectivity index (χ1n) is 7.32. The van der Waals surface area contributed by atoms with Gasteiger partial charge in [-0.2, -0.15) is 0 Å². The molecular weight excluding hydrogens is 290 g/mol. The summed E-state index contributed by atoms with van der Waals surface area (Å²) in [6.45, 7) is 12.3. The third kappa shape index (κ3) is 5.78. The molecule has 0 saturated heterocycles. The largest absolute Gasteiger partial charge is 0.468 e. The van der Waals surface area contributed by atoms with Gasteiger partial charge in [-0.1, -0.05) is 55.9 Å². The molecule has 1 aromatic carbocycles. The third-order valence-corrected chi connectivity index (χ3v) is 3.91. The predicted molar refractivity (Wildman–Crippen MR) is 95.3 cm³/mol. The molecule has 2 atom stereocenters. The number of rotatable bonds is 5. The standard InChI is InChI=1S/C18H25NO2Si/c1-14(2)17(18(20)21-3)16(12-13-22(4,5)6)19-15-10-8-7-9-11-15/h7-11,16-17,19H,1H2,2-6H3/t16-,17+/m1/s1. The number of nitrogens with one attached hydrogen (secondary N) is 1. The summed E-state index contributed by atoms with van der Waals surface area (Å²) < 4.78 is 4.93. The van der Waals surface area contributed by atoms with Crippen LogP contribution in [-0.4, -0.2) is 27.2 Å². The minimum Gasteiger partial charge on any atom is -0.468 e. The Morgan fingerprint density at radius 1 is 1.27 bits per heavy atom. The highest BCUT2D eigenvalue weighted by Gasteiger charge is 2.29. The van der Waals surface area contributed by atoms with Gasteiger partial charge in [-0.05, 0) is 19.1 Å². The molecular formula is C18H25NO2Si. The number of esters is 1. The van der Waals surface area contributed by atoms with Gasteiger partial charge in [0.2, 0.25) is 0 Å². The molecule has 3 nitrogen and oxygen atoms in total. The number of hydrogen-bond acceptors (Lipinski definition) is 3. The summed E-state index contributed by atoms with van der Waals surface area (Å²) in [5.74, 6) is 2.44. The van der Waals surface area contributed by atoms with Gasteiger partial charge in [-0.3, -0.25) is 4.79 Å². The van der Waals surface area contributed by atoms with Crippen LogP contribution in [0.15, 0.2) is 42.5 Å². The summed E-state index contributed by atoms with van der Waals surface area (Å²) >= 11 is 0. The quantitative estimate of drug-likeness (QED) is 0.389. The van der Waals surface area contributed by atoms with Crippen molar-refractivity contribution >= 4 is 19.7 Å². The van der Waals surface area contributed by atoms with E-state index in [0.717, 1.165) is 11.3 Å². The molecule has 1 N–H and O–H groups in total. The first-order valence-corrected chi connectivity index (χ1v) is 10.8. The SMILES string of the molecule is C=C(C)[C@H](C(=O)OC)[C@@H](C#C[Si](C)(C)C)Nc1ccccc1. The molecule has 0 bridgehead atoms. The van der Waals surface area contributed by atoms with Crippen molar-refractivity contribution < 1.29 is 9.53 Å². The molecule has 4 heteroatoms. The summed E-state index contributed by atoms with van der Waals surface area (Å²) in [6, 6.07) is 9.40.